The first kappa shape index (κ1) is 16.0. The molecule has 3 rings (SSSR count). The summed E-state index contributed by atoms with van der Waals surface area (Å²) in [5.74, 6) is -0.287. The molecule has 0 bridgehead atoms. The van der Waals surface area contributed by atoms with Gasteiger partial charge in [-0.2, -0.15) is 0 Å². The fourth-order valence-electron chi connectivity index (χ4n) is 2.31. The molecule has 0 unspecified atom stereocenters. The quantitative estimate of drug-likeness (QED) is 0.707. The molecule has 4 nitrogen and oxygen atoms in total. The fourth-order valence-corrected chi connectivity index (χ4v) is 3.15. The highest BCUT2D eigenvalue weighted by Crippen LogP contribution is 2.30. The third kappa shape index (κ3) is 3.70. The van der Waals surface area contributed by atoms with Gasteiger partial charge in [0.1, 0.15) is 0 Å². The molecule has 0 fully saturated rings. The van der Waals surface area contributed by atoms with Crippen LogP contribution in [0, 0.1) is 6.92 Å². The number of benzene rings is 2. The van der Waals surface area contributed by atoms with Gasteiger partial charge in [0.15, 0.2) is 5.13 Å². The Morgan fingerprint density at radius 2 is 1.71 bits per heavy atom. The van der Waals surface area contributed by atoms with E-state index in [2.05, 4.69) is 10.3 Å². The first-order valence-corrected chi connectivity index (χ1v) is 8.31. The Morgan fingerprint density at radius 1 is 1.08 bits per heavy atom. The van der Waals surface area contributed by atoms with Crippen LogP contribution in [0.2, 0.25) is 0 Å². The van der Waals surface area contributed by atoms with Crippen molar-refractivity contribution in [2.24, 2.45) is 5.73 Å². The minimum atomic E-state index is -0.287. The van der Waals surface area contributed by atoms with Crippen LogP contribution in [0.1, 0.15) is 10.4 Å². The molecule has 120 valence electrons. The van der Waals surface area contributed by atoms with Crippen LogP contribution >= 0.6 is 11.3 Å². The summed E-state index contributed by atoms with van der Waals surface area (Å²) in [7, 11) is 0. The van der Waals surface area contributed by atoms with Gasteiger partial charge in [0, 0.05) is 22.2 Å². The van der Waals surface area contributed by atoms with Gasteiger partial charge in [0.25, 0.3) is 5.91 Å². The number of nitrogens with one attached hydrogen (secondary N) is 1. The van der Waals surface area contributed by atoms with Crippen LogP contribution in [0.15, 0.2) is 66.7 Å². The SMILES string of the molecule is Cc1sc(NC(=O)/C=C(\N)c2ccccc2)nc1-c1ccccc1. The van der Waals surface area contributed by atoms with Crippen LogP contribution in [0.3, 0.4) is 0 Å². The van der Waals surface area contributed by atoms with Crippen molar-refractivity contribution in [3.05, 3.63) is 77.2 Å². The molecule has 0 saturated heterocycles. The van der Waals surface area contributed by atoms with Crippen molar-refractivity contribution in [2.75, 3.05) is 5.32 Å². The van der Waals surface area contributed by atoms with Gasteiger partial charge >= 0.3 is 0 Å². The molecule has 24 heavy (non-hydrogen) atoms. The van der Waals surface area contributed by atoms with Crippen molar-refractivity contribution in [1.82, 2.24) is 4.98 Å². The topological polar surface area (TPSA) is 68.0 Å². The lowest BCUT2D eigenvalue weighted by Gasteiger charge is -2.01. The molecule has 0 radical (unpaired) electrons. The van der Waals surface area contributed by atoms with Crippen LogP contribution in [0.25, 0.3) is 17.0 Å². The summed E-state index contributed by atoms with van der Waals surface area (Å²) >= 11 is 1.45. The maximum Gasteiger partial charge on any atom is 0.252 e. The average molecular weight is 335 g/mol. The minimum Gasteiger partial charge on any atom is -0.398 e. The molecule has 0 aliphatic carbocycles. The van der Waals surface area contributed by atoms with E-state index in [0.717, 1.165) is 21.7 Å². The summed E-state index contributed by atoms with van der Waals surface area (Å²) in [5, 5.41) is 3.35. The molecule has 0 aliphatic rings. The molecule has 0 aliphatic heterocycles. The Bertz CT molecular complexity index is 870. The number of aryl methyl sites for hydroxylation is 1. The highest BCUT2D eigenvalue weighted by atomic mass is 32.1. The van der Waals surface area contributed by atoms with Crippen molar-refractivity contribution in [3.8, 4) is 11.3 Å². The molecular weight excluding hydrogens is 318 g/mol. The third-order valence-corrected chi connectivity index (χ3v) is 4.35. The van der Waals surface area contributed by atoms with Crippen molar-refractivity contribution in [3.63, 3.8) is 0 Å². The van der Waals surface area contributed by atoms with Crippen molar-refractivity contribution in [1.29, 1.82) is 0 Å². The lowest BCUT2D eigenvalue weighted by atomic mass is 10.1. The first-order valence-electron chi connectivity index (χ1n) is 7.50. The number of carbonyl (C=O) groups is 1. The van der Waals surface area contributed by atoms with E-state index in [9.17, 15) is 4.79 Å². The molecule has 0 spiro atoms. The van der Waals surface area contributed by atoms with Crippen LogP contribution in [0.4, 0.5) is 5.13 Å². The summed E-state index contributed by atoms with van der Waals surface area (Å²) in [6.45, 7) is 1.99. The zero-order chi connectivity index (χ0) is 16.9. The number of carbonyl (C=O) groups excluding carboxylic acids is 1. The van der Waals surface area contributed by atoms with E-state index < -0.39 is 0 Å². The van der Waals surface area contributed by atoms with Crippen LogP contribution in [-0.2, 0) is 4.79 Å². The predicted octanol–water partition coefficient (Wildman–Crippen LogP) is 4.06. The van der Waals surface area contributed by atoms with E-state index in [0.29, 0.717) is 10.8 Å². The number of amides is 1. The maximum absolute atomic E-state index is 12.2. The van der Waals surface area contributed by atoms with Gasteiger partial charge in [-0.15, -0.1) is 11.3 Å². The molecule has 1 heterocycles. The first-order chi connectivity index (χ1) is 11.6. The van der Waals surface area contributed by atoms with Gasteiger partial charge in [-0.05, 0) is 12.5 Å². The Hall–Kier alpha value is -2.92. The molecule has 3 aromatic rings. The number of nitrogens with two attached hydrogens (primary N) is 1. The lowest BCUT2D eigenvalue weighted by Crippen LogP contribution is -2.10. The summed E-state index contributed by atoms with van der Waals surface area (Å²) in [4.78, 5) is 17.7. The molecular formula is C19H17N3OS. The second kappa shape index (κ2) is 7.10. The van der Waals surface area contributed by atoms with Crippen LogP contribution < -0.4 is 11.1 Å². The van der Waals surface area contributed by atoms with E-state index in [1.807, 2.05) is 67.6 Å². The summed E-state index contributed by atoms with van der Waals surface area (Å²) in [6, 6.07) is 19.3. The van der Waals surface area contributed by atoms with Gasteiger partial charge in [-0.1, -0.05) is 60.7 Å². The summed E-state index contributed by atoms with van der Waals surface area (Å²) < 4.78 is 0. The van der Waals surface area contributed by atoms with Crippen molar-refractivity contribution < 1.29 is 4.79 Å². The highest BCUT2D eigenvalue weighted by Gasteiger charge is 2.11. The molecule has 2 aromatic carbocycles. The van der Waals surface area contributed by atoms with Gasteiger partial charge in [-0.3, -0.25) is 10.1 Å². The van der Waals surface area contributed by atoms with E-state index >= 15 is 0 Å². The molecule has 3 N–H and O–H groups in total. The number of hydrogen-bond acceptors (Lipinski definition) is 4. The highest BCUT2D eigenvalue weighted by molar-refractivity contribution is 7.16. The summed E-state index contributed by atoms with van der Waals surface area (Å²) in [5.41, 5.74) is 9.11. The number of nitrogens with zero attached hydrogens (tertiary/aromatic N) is 1. The van der Waals surface area contributed by atoms with Crippen LogP contribution in [-0.4, -0.2) is 10.9 Å². The monoisotopic (exact) mass is 335 g/mol. The van der Waals surface area contributed by atoms with Crippen molar-refractivity contribution in [2.45, 2.75) is 6.92 Å². The van der Waals surface area contributed by atoms with Crippen LogP contribution in [0.5, 0.6) is 0 Å². The molecule has 1 amide bonds. The number of aromatic nitrogens is 1. The molecule has 0 atom stereocenters. The minimum absolute atomic E-state index is 0.287. The Morgan fingerprint density at radius 3 is 2.38 bits per heavy atom. The Kier molecular flexibility index (Phi) is 4.72. The van der Waals surface area contributed by atoms with Gasteiger partial charge in [-0.25, -0.2) is 4.98 Å². The van der Waals surface area contributed by atoms with Gasteiger partial charge in [0.05, 0.1) is 5.69 Å². The third-order valence-electron chi connectivity index (χ3n) is 3.47. The number of thiazole rings is 1. The molecule has 0 saturated carbocycles. The Balaban J connectivity index is 1.76. The predicted molar refractivity (Wildman–Crippen MR) is 99.5 cm³/mol. The summed E-state index contributed by atoms with van der Waals surface area (Å²) in [6.07, 6.45) is 1.38. The van der Waals surface area contributed by atoms with Gasteiger partial charge in [0.2, 0.25) is 0 Å². The van der Waals surface area contributed by atoms with E-state index in [1.165, 1.54) is 17.4 Å². The molecule has 5 heteroatoms. The zero-order valence-electron chi connectivity index (χ0n) is 13.2. The second-order valence-electron chi connectivity index (χ2n) is 5.24. The number of hydrogen-bond donors (Lipinski definition) is 2. The largest absolute Gasteiger partial charge is 0.398 e. The van der Waals surface area contributed by atoms with E-state index in [-0.39, 0.29) is 5.91 Å². The molecule has 1 aromatic heterocycles. The standard InChI is InChI=1S/C19H17N3OS/c1-13-18(15-10-6-3-7-11-15)22-19(24-13)21-17(23)12-16(20)14-8-4-2-5-9-14/h2-12H,20H2,1H3,(H,21,22,23)/b16-12-. The van der Waals surface area contributed by atoms with Gasteiger partial charge < -0.3 is 5.73 Å². The smallest absolute Gasteiger partial charge is 0.252 e. The van der Waals surface area contributed by atoms with E-state index in [4.69, 9.17) is 5.73 Å². The number of anilines is 1. The second-order valence-corrected chi connectivity index (χ2v) is 6.45. The average Bonchev–Trinajstić information content (AvgIpc) is 2.96. The zero-order valence-corrected chi connectivity index (χ0v) is 14.0. The van der Waals surface area contributed by atoms with E-state index in [1.54, 1.807) is 0 Å². The lowest BCUT2D eigenvalue weighted by molar-refractivity contribution is -0.111. The fraction of sp³-hybridized carbons (Fsp3) is 0.0526. The van der Waals surface area contributed by atoms with Crippen molar-refractivity contribution >= 4 is 28.1 Å². The Labute approximate surface area is 144 Å². The normalized spacial score (nSPS) is 11.3. The number of rotatable bonds is 4. The maximum atomic E-state index is 12.2.